The molecule has 0 spiro atoms. The fourth-order valence-electron chi connectivity index (χ4n) is 2.05. The van der Waals surface area contributed by atoms with Gasteiger partial charge in [0.15, 0.2) is 0 Å². The van der Waals surface area contributed by atoms with Crippen LogP contribution in [-0.2, 0) is 16.4 Å². The number of rotatable bonds is 6. The fraction of sp³-hybridized carbons (Fsp3) is 0.250. The number of nitrogens with zero attached hydrogens (tertiary/aromatic N) is 1. The Bertz CT molecular complexity index is 715. The van der Waals surface area contributed by atoms with Gasteiger partial charge in [0.25, 0.3) is 10.0 Å². The number of sulfonamides is 1. The van der Waals surface area contributed by atoms with Crippen molar-refractivity contribution < 1.29 is 12.8 Å². The molecule has 0 N–H and O–H groups in total. The highest BCUT2D eigenvalue weighted by atomic mass is 35.5. The Hall–Kier alpha value is -1.59. The number of hydrogen-bond acceptors (Lipinski definition) is 2. The Morgan fingerprint density at radius 1 is 1.05 bits per heavy atom. The molecule has 0 aromatic heterocycles. The van der Waals surface area contributed by atoms with Gasteiger partial charge in [-0.25, -0.2) is 12.8 Å². The molecule has 6 heteroatoms. The van der Waals surface area contributed by atoms with E-state index in [2.05, 4.69) is 0 Å². The lowest BCUT2D eigenvalue weighted by Crippen LogP contribution is -2.26. The highest BCUT2D eigenvalue weighted by Gasteiger charge is 2.21. The van der Waals surface area contributed by atoms with Crippen LogP contribution in [0.5, 0.6) is 0 Å². The topological polar surface area (TPSA) is 37.4 Å². The zero-order valence-corrected chi connectivity index (χ0v) is 13.7. The predicted molar refractivity (Wildman–Crippen MR) is 87.5 cm³/mol. The van der Waals surface area contributed by atoms with Gasteiger partial charge in [-0.15, -0.1) is 11.6 Å². The Balaban J connectivity index is 2.23. The van der Waals surface area contributed by atoms with Gasteiger partial charge < -0.3 is 0 Å². The molecule has 0 unspecified atom stereocenters. The molecule has 0 aliphatic heterocycles. The van der Waals surface area contributed by atoms with Crippen LogP contribution in [0, 0.1) is 5.82 Å². The maximum absolute atomic E-state index is 12.9. The average Bonchev–Trinajstić information content (AvgIpc) is 2.53. The number of benzene rings is 2. The molecule has 22 heavy (non-hydrogen) atoms. The second-order valence-electron chi connectivity index (χ2n) is 4.89. The summed E-state index contributed by atoms with van der Waals surface area (Å²) in [7, 11) is -2.21. The zero-order valence-electron chi connectivity index (χ0n) is 12.2. The molecule has 0 heterocycles. The quantitative estimate of drug-likeness (QED) is 0.749. The van der Waals surface area contributed by atoms with Crippen LogP contribution < -0.4 is 4.31 Å². The first-order valence-electron chi connectivity index (χ1n) is 6.84. The van der Waals surface area contributed by atoms with E-state index >= 15 is 0 Å². The van der Waals surface area contributed by atoms with Crippen LogP contribution in [-0.4, -0.2) is 21.3 Å². The zero-order chi connectivity index (χ0) is 16.2. The third kappa shape index (κ3) is 3.78. The summed E-state index contributed by atoms with van der Waals surface area (Å²) in [5, 5.41) is 0. The smallest absolute Gasteiger partial charge is 0.264 e. The SMILES string of the molecule is CN(c1ccc(F)cc1)S(=O)(=O)c1ccc(CCCCl)cc1. The van der Waals surface area contributed by atoms with Gasteiger partial charge in [0.05, 0.1) is 10.6 Å². The number of anilines is 1. The Kier molecular flexibility index (Phi) is 5.42. The summed E-state index contributed by atoms with van der Waals surface area (Å²) >= 11 is 5.65. The van der Waals surface area contributed by atoms with E-state index < -0.39 is 15.8 Å². The fourth-order valence-corrected chi connectivity index (χ4v) is 3.38. The molecule has 0 radical (unpaired) electrons. The van der Waals surface area contributed by atoms with Gasteiger partial charge in [-0.05, 0) is 54.8 Å². The van der Waals surface area contributed by atoms with E-state index in [1.807, 2.05) is 0 Å². The molecule has 2 aromatic carbocycles. The third-order valence-corrected chi connectivity index (χ3v) is 5.44. The van der Waals surface area contributed by atoms with Gasteiger partial charge >= 0.3 is 0 Å². The van der Waals surface area contributed by atoms with Crippen LogP contribution in [0.15, 0.2) is 53.4 Å². The second-order valence-corrected chi connectivity index (χ2v) is 7.23. The van der Waals surface area contributed by atoms with Crippen molar-refractivity contribution in [3.05, 3.63) is 59.9 Å². The van der Waals surface area contributed by atoms with Crippen LogP contribution in [0.3, 0.4) is 0 Å². The van der Waals surface area contributed by atoms with Crippen molar-refractivity contribution in [1.29, 1.82) is 0 Å². The molecular weight excluding hydrogens is 325 g/mol. The maximum atomic E-state index is 12.9. The van der Waals surface area contributed by atoms with E-state index in [0.717, 1.165) is 22.7 Å². The van der Waals surface area contributed by atoms with Gasteiger partial charge in [-0.3, -0.25) is 4.31 Å². The van der Waals surface area contributed by atoms with E-state index in [4.69, 9.17) is 11.6 Å². The second kappa shape index (κ2) is 7.11. The lowest BCUT2D eigenvalue weighted by Gasteiger charge is -2.19. The Morgan fingerprint density at radius 2 is 1.64 bits per heavy atom. The van der Waals surface area contributed by atoms with Gasteiger partial charge in [-0.2, -0.15) is 0 Å². The lowest BCUT2D eigenvalue weighted by molar-refractivity contribution is 0.594. The maximum Gasteiger partial charge on any atom is 0.264 e. The number of hydrogen-bond donors (Lipinski definition) is 0. The molecule has 118 valence electrons. The molecule has 0 atom stereocenters. The molecule has 2 aromatic rings. The van der Waals surface area contributed by atoms with E-state index in [9.17, 15) is 12.8 Å². The van der Waals surface area contributed by atoms with Crippen LogP contribution in [0.25, 0.3) is 0 Å². The van der Waals surface area contributed by atoms with Gasteiger partial charge in [0.1, 0.15) is 5.82 Å². The highest BCUT2D eigenvalue weighted by Crippen LogP contribution is 2.22. The summed E-state index contributed by atoms with van der Waals surface area (Å²) in [6, 6.07) is 12.1. The van der Waals surface area contributed by atoms with E-state index in [0.29, 0.717) is 11.6 Å². The summed E-state index contributed by atoms with van der Waals surface area (Å²) in [6.07, 6.45) is 1.67. The van der Waals surface area contributed by atoms with Crippen molar-refractivity contribution in [3.8, 4) is 0 Å². The molecule has 0 bridgehead atoms. The minimum absolute atomic E-state index is 0.203. The Morgan fingerprint density at radius 3 is 2.18 bits per heavy atom. The van der Waals surface area contributed by atoms with Crippen molar-refractivity contribution in [2.24, 2.45) is 0 Å². The highest BCUT2D eigenvalue weighted by molar-refractivity contribution is 7.92. The minimum Gasteiger partial charge on any atom is -0.269 e. The molecule has 2 rings (SSSR count). The van der Waals surface area contributed by atoms with Gasteiger partial charge in [0.2, 0.25) is 0 Å². The molecule has 0 saturated carbocycles. The average molecular weight is 342 g/mol. The standard InChI is InChI=1S/C16H17ClFNO2S/c1-19(15-8-6-14(18)7-9-15)22(20,21)16-10-4-13(5-11-16)3-2-12-17/h4-11H,2-3,12H2,1H3. The van der Waals surface area contributed by atoms with E-state index in [1.54, 1.807) is 24.3 Å². The van der Waals surface area contributed by atoms with Crippen LogP contribution in [0.1, 0.15) is 12.0 Å². The summed E-state index contributed by atoms with van der Waals surface area (Å²) in [5.41, 5.74) is 1.46. The van der Waals surface area contributed by atoms with Gasteiger partial charge in [0, 0.05) is 12.9 Å². The normalized spacial score (nSPS) is 11.4. The first-order chi connectivity index (χ1) is 10.4. The molecular formula is C16H17ClFNO2S. The number of halogens is 2. The van der Waals surface area contributed by atoms with Crippen molar-refractivity contribution in [2.75, 3.05) is 17.2 Å². The van der Waals surface area contributed by atoms with Crippen molar-refractivity contribution >= 4 is 27.3 Å². The molecule has 0 aliphatic carbocycles. The van der Waals surface area contributed by atoms with Crippen LogP contribution >= 0.6 is 11.6 Å². The van der Waals surface area contributed by atoms with E-state index in [-0.39, 0.29) is 4.90 Å². The lowest BCUT2D eigenvalue weighted by atomic mass is 10.1. The largest absolute Gasteiger partial charge is 0.269 e. The number of aryl methyl sites for hydroxylation is 1. The summed E-state index contributed by atoms with van der Waals surface area (Å²) in [4.78, 5) is 0.203. The molecule has 0 amide bonds. The summed E-state index contributed by atoms with van der Waals surface area (Å²) < 4.78 is 39.2. The van der Waals surface area contributed by atoms with Crippen molar-refractivity contribution in [2.45, 2.75) is 17.7 Å². The van der Waals surface area contributed by atoms with Crippen LogP contribution in [0.2, 0.25) is 0 Å². The van der Waals surface area contributed by atoms with Crippen molar-refractivity contribution in [1.82, 2.24) is 0 Å². The Labute approximate surface area is 135 Å². The monoisotopic (exact) mass is 341 g/mol. The predicted octanol–water partition coefficient (Wildman–Crippen LogP) is 3.82. The van der Waals surface area contributed by atoms with Gasteiger partial charge in [-0.1, -0.05) is 12.1 Å². The number of alkyl halides is 1. The first-order valence-corrected chi connectivity index (χ1v) is 8.82. The molecule has 0 fully saturated rings. The summed E-state index contributed by atoms with van der Waals surface area (Å²) in [5.74, 6) is 0.172. The summed E-state index contributed by atoms with van der Waals surface area (Å²) in [6.45, 7) is 0. The third-order valence-electron chi connectivity index (χ3n) is 3.37. The van der Waals surface area contributed by atoms with Crippen molar-refractivity contribution in [3.63, 3.8) is 0 Å². The van der Waals surface area contributed by atoms with Crippen LogP contribution in [0.4, 0.5) is 10.1 Å². The first kappa shape index (κ1) is 16.8. The molecule has 0 aliphatic rings. The minimum atomic E-state index is -3.66. The molecule has 0 saturated heterocycles. The molecule has 3 nitrogen and oxygen atoms in total. The van der Waals surface area contributed by atoms with E-state index in [1.165, 1.54) is 31.3 Å².